The number of aryl methyl sites for hydroxylation is 1. The molecule has 0 saturated heterocycles. The van der Waals surface area contributed by atoms with Crippen LogP contribution in [-0.2, 0) is 6.42 Å². The van der Waals surface area contributed by atoms with Crippen molar-refractivity contribution in [2.75, 3.05) is 5.88 Å². The molecule has 0 aliphatic carbocycles. The summed E-state index contributed by atoms with van der Waals surface area (Å²) in [6.07, 6.45) is -3.83. The quantitative estimate of drug-likeness (QED) is 0.586. The van der Waals surface area contributed by atoms with Crippen LogP contribution in [0.4, 0.5) is 17.6 Å². The Morgan fingerprint density at radius 3 is 2.44 bits per heavy atom. The molecule has 0 unspecified atom stereocenters. The topological polar surface area (TPSA) is 9.23 Å². The second kappa shape index (κ2) is 5.39. The van der Waals surface area contributed by atoms with Crippen molar-refractivity contribution in [3.63, 3.8) is 0 Å². The Bertz CT molecular complexity index is 351. The van der Waals surface area contributed by atoms with Gasteiger partial charge < -0.3 is 4.74 Å². The van der Waals surface area contributed by atoms with Crippen LogP contribution in [0.5, 0.6) is 5.75 Å². The number of ether oxygens (including phenoxy) is 1. The number of alkyl halides is 4. The third-order valence-electron chi connectivity index (χ3n) is 1.76. The molecule has 0 aliphatic heterocycles. The van der Waals surface area contributed by atoms with E-state index in [4.69, 9.17) is 11.6 Å². The summed E-state index contributed by atoms with van der Waals surface area (Å²) in [6, 6.07) is 3.01. The van der Waals surface area contributed by atoms with E-state index < -0.39 is 17.9 Å². The van der Waals surface area contributed by atoms with E-state index in [-0.39, 0.29) is 0 Å². The zero-order valence-corrected chi connectivity index (χ0v) is 8.91. The van der Waals surface area contributed by atoms with Crippen molar-refractivity contribution in [1.29, 1.82) is 0 Å². The smallest absolute Gasteiger partial charge is 0.406 e. The Morgan fingerprint density at radius 1 is 1.19 bits per heavy atom. The number of hydrogen-bond donors (Lipinski definition) is 0. The summed E-state index contributed by atoms with van der Waals surface area (Å²) < 4.78 is 52.3. The molecular formula is C10H9ClF4O. The van der Waals surface area contributed by atoms with Crippen molar-refractivity contribution in [2.45, 2.75) is 19.2 Å². The highest BCUT2D eigenvalue weighted by Gasteiger charge is 2.31. The van der Waals surface area contributed by atoms with Gasteiger partial charge in [-0.3, -0.25) is 0 Å². The van der Waals surface area contributed by atoms with Gasteiger partial charge in [0.25, 0.3) is 0 Å². The van der Waals surface area contributed by atoms with E-state index >= 15 is 0 Å². The molecule has 0 saturated carbocycles. The normalized spacial score (nSPS) is 11.6. The SMILES string of the molecule is Fc1cc(CCCCl)cc(OC(F)(F)F)c1. The highest BCUT2D eigenvalue weighted by atomic mass is 35.5. The minimum atomic E-state index is -4.81. The number of hydrogen-bond acceptors (Lipinski definition) is 1. The molecule has 0 heterocycles. The zero-order valence-electron chi connectivity index (χ0n) is 8.15. The summed E-state index contributed by atoms with van der Waals surface area (Å²) in [5.41, 5.74) is 0.430. The summed E-state index contributed by atoms with van der Waals surface area (Å²) in [4.78, 5) is 0. The minimum absolute atomic E-state index is 0.367. The van der Waals surface area contributed by atoms with Crippen LogP contribution in [-0.4, -0.2) is 12.2 Å². The maximum atomic E-state index is 12.9. The van der Waals surface area contributed by atoms with Crippen molar-refractivity contribution >= 4 is 11.6 Å². The van der Waals surface area contributed by atoms with Crippen molar-refractivity contribution < 1.29 is 22.3 Å². The van der Waals surface area contributed by atoms with Crippen molar-refractivity contribution in [3.05, 3.63) is 29.6 Å². The van der Waals surface area contributed by atoms with Crippen LogP contribution in [0, 0.1) is 5.82 Å². The third kappa shape index (κ3) is 4.70. The largest absolute Gasteiger partial charge is 0.573 e. The van der Waals surface area contributed by atoms with Gasteiger partial charge in [-0.2, -0.15) is 0 Å². The molecule has 1 nitrogen and oxygen atoms in total. The fourth-order valence-corrected chi connectivity index (χ4v) is 1.36. The molecule has 0 spiro atoms. The fraction of sp³-hybridized carbons (Fsp3) is 0.400. The molecule has 0 aromatic heterocycles. The predicted molar refractivity (Wildman–Crippen MR) is 52.1 cm³/mol. The van der Waals surface area contributed by atoms with Crippen molar-refractivity contribution in [2.24, 2.45) is 0 Å². The Labute approximate surface area is 95.0 Å². The van der Waals surface area contributed by atoms with Gasteiger partial charge in [-0.05, 0) is 30.5 Å². The molecule has 6 heteroatoms. The van der Waals surface area contributed by atoms with Crippen LogP contribution < -0.4 is 4.74 Å². The molecule has 90 valence electrons. The lowest BCUT2D eigenvalue weighted by atomic mass is 10.1. The van der Waals surface area contributed by atoms with Crippen molar-refractivity contribution in [1.82, 2.24) is 0 Å². The zero-order chi connectivity index (χ0) is 12.2. The summed E-state index contributed by atoms with van der Waals surface area (Å²) >= 11 is 5.43. The van der Waals surface area contributed by atoms with Gasteiger partial charge in [0.05, 0.1) is 0 Å². The highest BCUT2D eigenvalue weighted by Crippen LogP contribution is 2.25. The molecule has 0 aliphatic rings. The summed E-state index contributed by atoms with van der Waals surface area (Å²) in [5.74, 6) is -0.935. The molecule has 16 heavy (non-hydrogen) atoms. The number of rotatable bonds is 4. The predicted octanol–water partition coefficient (Wildman–Crippen LogP) is 3.90. The van der Waals surface area contributed by atoms with Crippen LogP contribution in [0.2, 0.25) is 0 Å². The van der Waals surface area contributed by atoms with Gasteiger partial charge >= 0.3 is 6.36 Å². The third-order valence-corrected chi connectivity index (χ3v) is 2.03. The van der Waals surface area contributed by atoms with E-state index in [2.05, 4.69) is 4.74 Å². The molecule has 0 atom stereocenters. The van der Waals surface area contributed by atoms with Gasteiger partial charge in [0.15, 0.2) is 0 Å². The van der Waals surface area contributed by atoms with Gasteiger partial charge in [-0.1, -0.05) is 0 Å². The summed E-state index contributed by atoms with van der Waals surface area (Å²) in [5, 5.41) is 0. The average Bonchev–Trinajstić information content (AvgIpc) is 2.10. The molecule has 1 aromatic rings. The van der Waals surface area contributed by atoms with Crippen LogP contribution in [0.1, 0.15) is 12.0 Å². The van der Waals surface area contributed by atoms with Crippen molar-refractivity contribution in [3.8, 4) is 5.75 Å². The Balaban J connectivity index is 2.81. The van der Waals surface area contributed by atoms with E-state index in [9.17, 15) is 17.6 Å². The molecular weight excluding hydrogens is 248 g/mol. The van der Waals surface area contributed by atoms with E-state index in [1.54, 1.807) is 0 Å². The number of halogens is 5. The first-order valence-corrected chi connectivity index (χ1v) is 5.05. The summed E-state index contributed by atoms with van der Waals surface area (Å²) in [7, 11) is 0. The summed E-state index contributed by atoms with van der Waals surface area (Å²) in [6.45, 7) is 0. The molecule has 0 amide bonds. The molecule has 0 bridgehead atoms. The Morgan fingerprint density at radius 2 is 1.88 bits per heavy atom. The first-order chi connectivity index (χ1) is 7.40. The Kier molecular flexibility index (Phi) is 4.41. The van der Waals surface area contributed by atoms with E-state index in [0.29, 0.717) is 30.4 Å². The van der Waals surface area contributed by atoms with E-state index in [1.165, 1.54) is 0 Å². The van der Waals surface area contributed by atoms with Crippen LogP contribution >= 0.6 is 11.6 Å². The van der Waals surface area contributed by atoms with Crippen LogP contribution in [0.25, 0.3) is 0 Å². The van der Waals surface area contributed by atoms with Crippen LogP contribution in [0.15, 0.2) is 18.2 Å². The van der Waals surface area contributed by atoms with Gasteiger partial charge in [-0.25, -0.2) is 4.39 Å². The van der Waals surface area contributed by atoms with E-state index in [1.807, 2.05) is 0 Å². The maximum absolute atomic E-state index is 12.9. The van der Waals surface area contributed by atoms with Gasteiger partial charge in [0, 0.05) is 11.9 Å². The van der Waals surface area contributed by atoms with Gasteiger partial charge in [0.2, 0.25) is 0 Å². The molecule has 1 aromatic carbocycles. The lowest BCUT2D eigenvalue weighted by molar-refractivity contribution is -0.274. The minimum Gasteiger partial charge on any atom is -0.406 e. The van der Waals surface area contributed by atoms with Gasteiger partial charge in [-0.15, -0.1) is 24.8 Å². The molecule has 1 rings (SSSR count). The monoisotopic (exact) mass is 256 g/mol. The second-order valence-electron chi connectivity index (χ2n) is 3.14. The first kappa shape index (κ1) is 13.1. The fourth-order valence-electron chi connectivity index (χ4n) is 1.23. The molecule has 0 N–H and O–H groups in total. The standard InChI is InChI=1S/C10H9ClF4O/c11-3-1-2-7-4-8(12)6-9(5-7)16-10(13,14)15/h4-6H,1-3H2. The lowest BCUT2D eigenvalue weighted by Crippen LogP contribution is -2.17. The molecule has 0 radical (unpaired) electrons. The van der Waals surface area contributed by atoms with Gasteiger partial charge in [0.1, 0.15) is 11.6 Å². The highest BCUT2D eigenvalue weighted by molar-refractivity contribution is 6.17. The van der Waals surface area contributed by atoms with Crippen LogP contribution in [0.3, 0.4) is 0 Å². The molecule has 0 fully saturated rings. The first-order valence-electron chi connectivity index (χ1n) is 4.52. The lowest BCUT2D eigenvalue weighted by Gasteiger charge is -2.10. The second-order valence-corrected chi connectivity index (χ2v) is 3.51. The Hall–Kier alpha value is -0.970. The van der Waals surface area contributed by atoms with E-state index in [0.717, 1.165) is 12.1 Å². The number of benzene rings is 1. The average molecular weight is 257 g/mol. The maximum Gasteiger partial charge on any atom is 0.573 e.